The highest BCUT2D eigenvalue weighted by Gasteiger charge is 2.15. The number of carbonyl (C=O) groups is 1. The van der Waals surface area contributed by atoms with E-state index in [0.717, 1.165) is 43.6 Å². The molecule has 1 aliphatic heterocycles. The first kappa shape index (κ1) is 17.5. The van der Waals surface area contributed by atoms with Gasteiger partial charge < -0.3 is 10.6 Å². The molecule has 0 spiro atoms. The van der Waals surface area contributed by atoms with E-state index in [1.807, 2.05) is 47.4 Å². The summed E-state index contributed by atoms with van der Waals surface area (Å²) in [6.45, 7) is 1.99. The molecule has 5 nitrogen and oxygen atoms in total. The van der Waals surface area contributed by atoms with Crippen LogP contribution in [0.15, 0.2) is 42.7 Å². The predicted molar refractivity (Wildman–Crippen MR) is 93.2 cm³/mol. The van der Waals surface area contributed by atoms with E-state index in [4.69, 9.17) is 0 Å². The third-order valence-electron chi connectivity index (χ3n) is 4.00. The van der Waals surface area contributed by atoms with Crippen LogP contribution in [0.4, 0.5) is 0 Å². The lowest BCUT2D eigenvalue weighted by molar-refractivity contribution is -0.121. The molecule has 1 aliphatic rings. The molecule has 23 heavy (non-hydrogen) atoms. The number of amides is 1. The Morgan fingerprint density at radius 3 is 2.74 bits per heavy atom. The SMILES string of the molecule is Cl.O=C(CCc1cnn(-c2ccccc2)c1)NC1CCNCC1. The average Bonchev–Trinajstić information content (AvgIpc) is 3.04. The molecule has 0 atom stereocenters. The quantitative estimate of drug-likeness (QED) is 0.880. The van der Waals surface area contributed by atoms with Crippen molar-refractivity contribution in [1.82, 2.24) is 20.4 Å². The number of aryl methyl sites for hydroxylation is 1. The fourth-order valence-corrected chi connectivity index (χ4v) is 2.74. The normalized spacial score (nSPS) is 15.0. The summed E-state index contributed by atoms with van der Waals surface area (Å²) in [5, 5.41) is 10.8. The van der Waals surface area contributed by atoms with E-state index in [-0.39, 0.29) is 18.3 Å². The molecule has 1 aromatic carbocycles. The lowest BCUT2D eigenvalue weighted by Gasteiger charge is -2.23. The van der Waals surface area contributed by atoms with Crippen molar-refractivity contribution in [1.29, 1.82) is 0 Å². The Morgan fingerprint density at radius 2 is 2.00 bits per heavy atom. The van der Waals surface area contributed by atoms with Gasteiger partial charge in [0.2, 0.25) is 5.91 Å². The Kier molecular flexibility index (Phi) is 6.62. The van der Waals surface area contributed by atoms with Crippen molar-refractivity contribution in [2.75, 3.05) is 13.1 Å². The van der Waals surface area contributed by atoms with Gasteiger partial charge in [-0.15, -0.1) is 12.4 Å². The molecule has 0 bridgehead atoms. The van der Waals surface area contributed by atoms with E-state index in [0.29, 0.717) is 12.5 Å². The highest BCUT2D eigenvalue weighted by atomic mass is 35.5. The number of hydrogen-bond acceptors (Lipinski definition) is 3. The van der Waals surface area contributed by atoms with Crippen LogP contribution in [0.2, 0.25) is 0 Å². The average molecular weight is 335 g/mol. The summed E-state index contributed by atoms with van der Waals surface area (Å²) < 4.78 is 1.85. The molecule has 2 N–H and O–H groups in total. The Bertz CT molecular complexity index is 608. The van der Waals surface area contributed by atoms with Crippen LogP contribution in [0.3, 0.4) is 0 Å². The molecule has 0 unspecified atom stereocenters. The lowest BCUT2D eigenvalue weighted by atomic mass is 10.1. The monoisotopic (exact) mass is 334 g/mol. The summed E-state index contributed by atoms with van der Waals surface area (Å²) in [5.41, 5.74) is 2.12. The van der Waals surface area contributed by atoms with Crippen LogP contribution >= 0.6 is 12.4 Å². The van der Waals surface area contributed by atoms with Gasteiger partial charge in [0.15, 0.2) is 0 Å². The molecule has 0 saturated carbocycles. The zero-order valence-corrected chi connectivity index (χ0v) is 13.9. The van der Waals surface area contributed by atoms with Gasteiger partial charge in [0.1, 0.15) is 0 Å². The van der Waals surface area contributed by atoms with Crippen molar-refractivity contribution in [3.8, 4) is 5.69 Å². The van der Waals surface area contributed by atoms with Crippen LogP contribution in [0.1, 0.15) is 24.8 Å². The van der Waals surface area contributed by atoms with Crippen LogP contribution in [-0.2, 0) is 11.2 Å². The molecule has 2 aromatic rings. The van der Waals surface area contributed by atoms with Crippen LogP contribution < -0.4 is 10.6 Å². The third kappa shape index (κ3) is 5.08. The largest absolute Gasteiger partial charge is 0.353 e. The zero-order chi connectivity index (χ0) is 15.2. The van der Waals surface area contributed by atoms with E-state index in [1.165, 1.54) is 0 Å². The molecule has 6 heteroatoms. The number of benzene rings is 1. The highest BCUT2D eigenvalue weighted by molar-refractivity contribution is 5.85. The fourth-order valence-electron chi connectivity index (χ4n) is 2.74. The second kappa shape index (κ2) is 8.70. The van der Waals surface area contributed by atoms with E-state index < -0.39 is 0 Å². The highest BCUT2D eigenvalue weighted by Crippen LogP contribution is 2.09. The smallest absolute Gasteiger partial charge is 0.220 e. The molecule has 124 valence electrons. The van der Waals surface area contributed by atoms with Gasteiger partial charge in [0.25, 0.3) is 0 Å². The molecular formula is C17H23ClN4O. The number of aromatic nitrogens is 2. The van der Waals surface area contributed by atoms with Gasteiger partial charge in [0.05, 0.1) is 11.9 Å². The number of rotatable bonds is 5. The Hall–Kier alpha value is -1.85. The third-order valence-corrected chi connectivity index (χ3v) is 4.00. The molecule has 1 fully saturated rings. The summed E-state index contributed by atoms with van der Waals surface area (Å²) in [6, 6.07) is 10.3. The maximum atomic E-state index is 12.0. The minimum atomic E-state index is 0. The Balaban J connectivity index is 0.00000192. The number of halogens is 1. The number of nitrogens with one attached hydrogen (secondary N) is 2. The fraction of sp³-hybridized carbons (Fsp3) is 0.412. The molecule has 1 aromatic heterocycles. The van der Waals surface area contributed by atoms with Gasteiger partial charge in [-0.3, -0.25) is 4.79 Å². The van der Waals surface area contributed by atoms with E-state index in [9.17, 15) is 4.79 Å². The minimum Gasteiger partial charge on any atom is -0.353 e. The topological polar surface area (TPSA) is 59.0 Å². The van der Waals surface area contributed by atoms with Crippen molar-refractivity contribution in [2.24, 2.45) is 0 Å². The summed E-state index contributed by atoms with van der Waals surface area (Å²) >= 11 is 0. The van der Waals surface area contributed by atoms with Crippen molar-refractivity contribution < 1.29 is 4.79 Å². The van der Waals surface area contributed by atoms with Crippen LogP contribution in [0.5, 0.6) is 0 Å². The first-order chi connectivity index (χ1) is 10.8. The van der Waals surface area contributed by atoms with E-state index in [2.05, 4.69) is 15.7 Å². The predicted octanol–water partition coefficient (Wildman–Crippen LogP) is 2.09. The first-order valence-electron chi connectivity index (χ1n) is 7.90. The molecule has 1 saturated heterocycles. The van der Waals surface area contributed by atoms with Gasteiger partial charge in [-0.1, -0.05) is 18.2 Å². The molecule has 2 heterocycles. The molecular weight excluding hydrogens is 312 g/mol. The van der Waals surface area contributed by atoms with Gasteiger partial charge >= 0.3 is 0 Å². The van der Waals surface area contributed by atoms with Crippen LogP contribution in [0.25, 0.3) is 5.69 Å². The van der Waals surface area contributed by atoms with Gasteiger partial charge in [-0.25, -0.2) is 4.68 Å². The number of nitrogens with zero attached hydrogens (tertiary/aromatic N) is 2. The molecule has 0 aliphatic carbocycles. The number of para-hydroxylation sites is 1. The molecule has 1 amide bonds. The summed E-state index contributed by atoms with van der Waals surface area (Å²) in [4.78, 5) is 12.0. The second-order valence-corrected chi connectivity index (χ2v) is 5.72. The number of piperidine rings is 1. The van der Waals surface area contributed by atoms with Gasteiger partial charge in [0, 0.05) is 18.7 Å². The summed E-state index contributed by atoms with van der Waals surface area (Å²) in [7, 11) is 0. The van der Waals surface area contributed by atoms with E-state index >= 15 is 0 Å². The van der Waals surface area contributed by atoms with Gasteiger partial charge in [-0.05, 0) is 50.0 Å². The second-order valence-electron chi connectivity index (χ2n) is 5.72. The zero-order valence-electron chi connectivity index (χ0n) is 13.1. The maximum absolute atomic E-state index is 12.0. The van der Waals surface area contributed by atoms with Crippen molar-refractivity contribution in [2.45, 2.75) is 31.7 Å². The molecule has 3 rings (SSSR count). The number of hydrogen-bond donors (Lipinski definition) is 2. The first-order valence-corrected chi connectivity index (χ1v) is 7.90. The van der Waals surface area contributed by atoms with Crippen LogP contribution in [-0.4, -0.2) is 34.8 Å². The minimum absolute atomic E-state index is 0. The van der Waals surface area contributed by atoms with E-state index in [1.54, 1.807) is 0 Å². The standard InChI is InChI=1S/C17H22N4O.ClH/c22-17(20-15-8-10-18-11-9-15)7-6-14-12-19-21(13-14)16-4-2-1-3-5-16;/h1-5,12-13,15,18H,6-11H2,(H,20,22);1H. The summed E-state index contributed by atoms with van der Waals surface area (Å²) in [6.07, 6.45) is 7.13. The maximum Gasteiger partial charge on any atom is 0.220 e. The van der Waals surface area contributed by atoms with Crippen LogP contribution in [0, 0.1) is 0 Å². The molecule has 0 radical (unpaired) electrons. The van der Waals surface area contributed by atoms with Crippen molar-refractivity contribution in [3.05, 3.63) is 48.3 Å². The van der Waals surface area contributed by atoms with Crippen molar-refractivity contribution in [3.63, 3.8) is 0 Å². The Morgan fingerprint density at radius 1 is 1.26 bits per heavy atom. The Labute approximate surface area is 142 Å². The van der Waals surface area contributed by atoms with Crippen molar-refractivity contribution >= 4 is 18.3 Å². The summed E-state index contributed by atoms with van der Waals surface area (Å²) in [5.74, 6) is 0.138. The number of carbonyl (C=O) groups excluding carboxylic acids is 1. The van der Waals surface area contributed by atoms with Gasteiger partial charge in [-0.2, -0.15) is 5.10 Å². The lowest BCUT2D eigenvalue weighted by Crippen LogP contribution is -2.42.